The number of imide groups is 2. The highest BCUT2D eigenvalue weighted by Gasteiger charge is 2.50. The zero-order valence-corrected chi connectivity index (χ0v) is 75.3. The topological polar surface area (TPSA) is 392 Å². The van der Waals surface area contributed by atoms with Gasteiger partial charge >= 0.3 is 18.2 Å². The number of rotatable bonds is 52. The number of likely N-dealkylation sites (N-methyl/N-ethyl adjacent to an activating group) is 4. The molecule has 2 aromatic rings. The second-order valence-corrected chi connectivity index (χ2v) is 36.1. The number of nitrogens with one attached hydrogen (secondary N) is 2. The zero-order valence-electron chi connectivity index (χ0n) is 74.5. The molecule has 4 fully saturated rings. The van der Waals surface area contributed by atoms with E-state index in [2.05, 4.69) is 10.6 Å². The summed E-state index contributed by atoms with van der Waals surface area (Å²) in [4.78, 5) is 229. The van der Waals surface area contributed by atoms with Crippen molar-refractivity contribution in [3.8, 4) is 0 Å². The van der Waals surface area contributed by atoms with Gasteiger partial charge in [0.1, 0.15) is 18.5 Å². The molecule has 0 spiro atoms. The van der Waals surface area contributed by atoms with Crippen LogP contribution in [0.4, 0.5) is 9.59 Å². The highest BCUT2D eigenvalue weighted by molar-refractivity contribution is 8.00. The summed E-state index contributed by atoms with van der Waals surface area (Å²) in [6, 6.07) is 9.35. The van der Waals surface area contributed by atoms with E-state index < -0.39 is 124 Å². The van der Waals surface area contributed by atoms with E-state index in [0.29, 0.717) is 78.9 Å². The number of Topliss-reactive ketones (excluding diaryl/α,β-unsaturated/α-hetero) is 4. The number of hydrogen-bond acceptors (Lipinski definition) is 23. The lowest BCUT2D eigenvalue weighted by atomic mass is 9.83. The molecular formula is C89H134N10O21S. The Morgan fingerprint density at radius 2 is 1.32 bits per heavy atom. The van der Waals surface area contributed by atoms with Crippen LogP contribution in [0.15, 0.2) is 42.5 Å². The number of benzene rings is 2. The molecule has 4 N–H and O–H groups in total. The van der Waals surface area contributed by atoms with Crippen molar-refractivity contribution in [3.63, 3.8) is 0 Å². The quantitative estimate of drug-likeness (QED) is 0.0316. The fraction of sp³-hybridized carbons (Fsp3) is 0.685. The summed E-state index contributed by atoms with van der Waals surface area (Å²) in [6.07, 6.45) is -0.000634. The van der Waals surface area contributed by atoms with Gasteiger partial charge < -0.3 is 59.8 Å². The minimum absolute atomic E-state index is 0.00203. The Balaban J connectivity index is 1.01. The number of carbonyl (C=O) groups excluding carboxylic acids is 16. The van der Waals surface area contributed by atoms with Crippen molar-refractivity contribution in [2.24, 2.45) is 52.6 Å². The first-order valence-electron chi connectivity index (χ1n) is 42.8. The average molecular weight is 1710 g/mol. The number of carbonyl (C=O) groups is 16. The Morgan fingerprint density at radius 3 is 1.90 bits per heavy atom. The normalized spacial score (nSPS) is 18.6. The molecule has 3 aliphatic heterocycles. The van der Waals surface area contributed by atoms with E-state index in [9.17, 15) is 71.9 Å². The predicted molar refractivity (Wildman–Crippen MR) is 453 cm³/mol. The van der Waals surface area contributed by atoms with Crippen LogP contribution in [0, 0.1) is 60.7 Å². The van der Waals surface area contributed by atoms with Crippen LogP contribution in [0.1, 0.15) is 217 Å². The maximum atomic E-state index is 15.2. The van der Waals surface area contributed by atoms with Crippen LogP contribution in [-0.2, 0) is 99.1 Å². The van der Waals surface area contributed by atoms with Gasteiger partial charge in [-0.15, -0.1) is 16.8 Å². The molecule has 121 heavy (non-hydrogen) atoms. The SMILES string of the molecule is CC[C@H](C)[C@@H]([C@@H](CC(=O)N1C[C@@H](OC(=O)N(C)CCN(C)C(=O)OCc2ccc(CC(=O)[C@H](CCCCC(N)=O)NC(=O)[C@@H](CC(=O)CCCCCN3C(=O)CC(SCC4(CC(=O)ON5C(=O)CCC5=O)CC4)C3=O)C(C)C)cc2)C[C@H]1[C@H](OC)[C@@H](C)C(=O)NCC(=O)c1ccc(C)cc1C)OC)N(C)C(=O)[C@@H](CC(=O)[C@H](C(C)C)N(C)C)C(C)C. The molecule has 0 aromatic heterocycles. The number of methoxy groups -OCH3 is 2. The second kappa shape index (κ2) is 47.6. The van der Waals surface area contributed by atoms with E-state index in [0.717, 1.165) is 11.1 Å². The number of ether oxygens (including phenoxy) is 4. The highest BCUT2D eigenvalue weighted by atomic mass is 32.2. The smallest absolute Gasteiger partial charge is 0.409 e. The summed E-state index contributed by atoms with van der Waals surface area (Å²) in [5.41, 5.74) is 8.36. The van der Waals surface area contributed by atoms with E-state index >= 15 is 4.79 Å². The largest absolute Gasteiger partial charge is 0.445 e. The molecule has 0 radical (unpaired) electrons. The number of thioether (sulfide) groups is 1. The van der Waals surface area contributed by atoms with Crippen LogP contribution < -0.4 is 16.4 Å². The van der Waals surface area contributed by atoms with Crippen molar-refractivity contribution < 1.29 is 100 Å². The summed E-state index contributed by atoms with van der Waals surface area (Å²) in [5, 5.41) is 5.59. The lowest BCUT2D eigenvalue weighted by Gasteiger charge is -2.41. The molecule has 11 amide bonds. The molecule has 672 valence electrons. The molecule has 12 atom stereocenters. The third-order valence-corrected chi connectivity index (χ3v) is 25.7. The van der Waals surface area contributed by atoms with E-state index in [-0.39, 0.29) is 181 Å². The van der Waals surface area contributed by atoms with E-state index in [4.69, 9.17) is 29.5 Å². The monoisotopic (exact) mass is 1710 g/mol. The van der Waals surface area contributed by atoms with Gasteiger partial charge in [-0.1, -0.05) is 130 Å². The van der Waals surface area contributed by atoms with Gasteiger partial charge in [-0.3, -0.25) is 72.1 Å². The maximum Gasteiger partial charge on any atom is 0.409 e. The summed E-state index contributed by atoms with van der Waals surface area (Å²) < 4.78 is 24.0. The Kier molecular flexibility index (Phi) is 39.6. The first-order chi connectivity index (χ1) is 57.0. The van der Waals surface area contributed by atoms with Crippen LogP contribution in [0.25, 0.3) is 0 Å². The number of nitrogens with zero attached hydrogens (tertiary/aromatic N) is 7. The fourth-order valence-electron chi connectivity index (χ4n) is 16.4. The van der Waals surface area contributed by atoms with Gasteiger partial charge in [0.05, 0.1) is 73.5 Å². The Morgan fingerprint density at radius 1 is 0.694 bits per heavy atom. The van der Waals surface area contributed by atoms with Gasteiger partial charge in [0.15, 0.2) is 17.3 Å². The number of hydroxylamine groups is 2. The van der Waals surface area contributed by atoms with E-state index in [1.807, 2.05) is 100 Å². The van der Waals surface area contributed by atoms with Gasteiger partial charge in [-0.25, -0.2) is 14.4 Å². The fourth-order valence-corrected chi connectivity index (χ4v) is 17.8. The van der Waals surface area contributed by atoms with Crippen LogP contribution in [0.3, 0.4) is 0 Å². The van der Waals surface area contributed by atoms with E-state index in [1.165, 1.54) is 59.7 Å². The molecule has 4 aliphatic rings. The summed E-state index contributed by atoms with van der Waals surface area (Å²) in [6.45, 7) is 20.3. The molecule has 6 rings (SSSR count). The summed E-state index contributed by atoms with van der Waals surface area (Å²) in [7, 11) is 11.3. The lowest BCUT2D eigenvalue weighted by molar-refractivity contribution is -0.198. The molecule has 0 bridgehead atoms. The molecule has 3 heterocycles. The Labute approximate surface area is 718 Å². The average Bonchev–Trinajstić information content (AvgIpc) is 1.70. The van der Waals surface area contributed by atoms with Crippen molar-refractivity contribution >= 4 is 106 Å². The summed E-state index contributed by atoms with van der Waals surface area (Å²) in [5.74, 6) is -8.06. The predicted octanol–water partition coefficient (Wildman–Crippen LogP) is 8.73. The summed E-state index contributed by atoms with van der Waals surface area (Å²) >= 11 is 1.31. The molecule has 32 heteroatoms. The number of amides is 11. The van der Waals surface area contributed by atoms with E-state index in [1.54, 1.807) is 49.2 Å². The van der Waals surface area contributed by atoms with Crippen molar-refractivity contribution in [2.45, 2.75) is 259 Å². The number of primary amides is 1. The molecule has 31 nitrogen and oxygen atoms in total. The number of hydrogen-bond donors (Lipinski definition) is 3. The molecule has 2 aromatic carbocycles. The molecule has 3 saturated heterocycles. The number of nitrogens with two attached hydrogens (primary N) is 1. The van der Waals surface area contributed by atoms with Gasteiger partial charge in [-0.2, -0.15) is 0 Å². The first-order valence-corrected chi connectivity index (χ1v) is 43.8. The third kappa shape index (κ3) is 29.6. The number of likely N-dealkylation sites (tertiary alicyclic amines) is 2. The second-order valence-electron chi connectivity index (χ2n) is 34.9. The van der Waals surface area contributed by atoms with Gasteiger partial charge in [0.25, 0.3) is 11.8 Å². The van der Waals surface area contributed by atoms with Crippen LogP contribution in [-0.4, -0.2) is 265 Å². The highest BCUT2D eigenvalue weighted by Crippen LogP contribution is 2.52. The first kappa shape index (κ1) is 101. The molecular weight excluding hydrogens is 1580 g/mol. The minimum Gasteiger partial charge on any atom is -0.445 e. The third-order valence-electron chi connectivity index (χ3n) is 24.1. The maximum absolute atomic E-state index is 15.2. The van der Waals surface area contributed by atoms with Crippen molar-refractivity contribution in [1.82, 2.24) is 45.1 Å². The molecule has 1 aliphatic carbocycles. The Bertz CT molecular complexity index is 3960. The van der Waals surface area contributed by atoms with Gasteiger partial charge in [0, 0.05) is 136 Å². The van der Waals surface area contributed by atoms with Gasteiger partial charge in [0.2, 0.25) is 41.4 Å². The minimum atomic E-state index is -0.984. The van der Waals surface area contributed by atoms with Crippen LogP contribution >= 0.6 is 11.8 Å². The van der Waals surface area contributed by atoms with Crippen molar-refractivity contribution in [2.75, 3.05) is 87.9 Å². The van der Waals surface area contributed by atoms with Crippen LogP contribution in [0.5, 0.6) is 0 Å². The number of unbranched alkanes of at least 4 members (excludes halogenated alkanes) is 3. The van der Waals surface area contributed by atoms with Gasteiger partial charge in [-0.05, 0) is 112 Å². The Hall–Kier alpha value is -9.01. The number of ketones is 4. The molecule has 1 unspecified atom stereocenters. The zero-order chi connectivity index (χ0) is 90.0. The molecule has 1 saturated carbocycles. The lowest BCUT2D eigenvalue weighted by Crippen LogP contribution is -2.54. The van der Waals surface area contributed by atoms with Crippen LogP contribution in [0.2, 0.25) is 0 Å². The number of aryl methyl sites for hydroxylation is 2. The standard InChI is InChI=1S/C89H134N10O21S/c1-19-57(9)81(96(16)85(112)66(54(4)5)45-70(102)80(55(6)7)93(12)13)72(116-17)46-77(107)98-50-63(44-68(98)82(117-18)59(11)83(110)91-49-71(103)64-33-28-56(8)41-58(64)10)119-88(115)95(15)40-39-94(14)87(114)118-51-61-31-29-60(30-32-61)42-69(101)67(26-22-23-27-74(90)104)92-84(111)65(53(2)3)43-62(100)25-21-20-24-38-97-78(108)47-73(86(97)113)121-52-89(36-37-89)48-79(109)120-99-75(105)34-35-76(99)106/h28-33,41,53-55,57,59,63,65-68,72-73,80-82H,19-27,34-40,42-52H2,1-18H3,(H2,90,104)(H,91,110)(H,92,111)/t57-,59+,63-,65-,66-,67-,68-,72+,73?,80-,81-,82+/m0/s1. The van der Waals surface area contributed by atoms with Crippen molar-refractivity contribution in [1.29, 1.82) is 0 Å². The van der Waals surface area contributed by atoms with Crippen molar-refractivity contribution in [3.05, 3.63) is 70.3 Å².